The van der Waals surface area contributed by atoms with Gasteiger partial charge in [0, 0.05) is 0 Å². The first-order valence-corrected chi connectivity index (χ1v) is 6.60. The topological polar surface area (TPSA) is 108 Å². The second kappa shape index (κ2) is 5.78. The van der Waals surface area contributed by atoms with E-state index in [9.17, 15) is 14.4 Å². The molecule has 1 N–H and O–H groups in total. The van der Waals surface area contributed by atoms with Gasteiger partial charge in [-0.05, 0) is 41.5 Å². The fourth-order valence-electron chi connectivity index (χ4n) is 1.43. The molecular weight excluding hydrogens is 292 g/mol. The smallest absolute Gasteiger partial charge is 0.432 e. The van der Waals surface area contributed by atoms with Crippen molar-refractivity contribution in [2.24, 2.45) is 0 Å². The van der Waals surface area contributed by atoms with Crippen molar-refractivity contribution < 1.29 is 29.0 Å². The highest BCUT2D eigenvalue weighted by Crippen LogP contribution is 2.18. The predicted octanol–water partition coefficient (Wildman–Crippen LogP) is 2.32. The van der Waals surface area contributed by atoms with Gasteiger partial charge in [0.1, 0.15) is 16.8 Å². The summed E-state index contributed by atoms with van der Waals surface area (Å²) in [6.45, 7) is 9.89. The van der Waals surface area contributed by atoms with Crippen LogP contribution >= 0.6 is 0 Å². The molecule has 0 atom stereocenters. The summed E-state index contributed by atoms with van der Waals surface area (Å²) in [6.07, 6.45) is -0.505. The molecule has 1 aromatic rings. The average Bonchev–Trinajstić information content (AvgIpc) is 2.68. The van der Waals surface area contributed by atoms with Crippen LogP contribution in [0.15, 0.2) is 6.20 Å². The minimum atomic E-state index is -1.43. The van der Waals surface area contributed by atoms with Gasteiger partial charge in [0.2, 0.25) is 0 Å². The lowest BCUT2D eigenvalue weighted by molar-refractivity contribution is 0.00153. The molecule has 0 aliphatic carbocycles. The molecular formula is C14H20N2O6. The summed E-state index contributed by atoms with van der Waals surface area (Å²) in [5.74, 6) is -1.74. The van der Waals surface area contributed by atoms with E-state index in [0.717, 1.165) is 6.20 Å². The number of esters is 2. The maximum Gasteiger partial charge on any atom is 0.432 e. The zero-order valence-corrected chi connectivity index (χ0v) is 13.5. The first-order valence-electron chi connectivity index (χ1n) is 6.60. The van der Waals surface area contributed by atoms with Crippen LogP contribution in [0.3, 0.4) is 0 Å². The quantitative estimate of drug-likeness (QED) is 0.835. The molecule has 0 spiro atoms. The minimum Gasteiger partial charge on any atom is -0.463 e. The van der Waals surface area contributed by atoms with E-state index in [4.69, 9.17) is 14.6 Å². The van der Waals surface area contributed by atoms with Crippen LogP contribution in [-0.2, 0) is 9.47 Å². The van der Waals surface area contributed by atoms with Gasteiger partial charge in [-0.15, -0.1) is 0 Å². The number of carbonyl (C=O) groups excluding carboxylic acids is 2. The lowest BCUT2D eigenvalue weighted by Gasteiger charge is -2.20. The van der Waals surface area contributed by atoms with Crippen LogP contribution in [0.1, 0.15) is 62.4 Å². The third-order valence-corrected chi connectivity index (χ3v) is 2.12. The number of aromatic nitrogens is 2. The summed E-state index contributed by atoms with van der Waals surface area (Å²) in [5.41, 5.74) is -2.26. The van der Waals surface area contributed by atoms with Crippen LogP contribution in [0.4, 0.5) is 4.79 Å². The van der Waals surface area contributed by atoms with Crippen molar-refractivity contribution in [2.75, 3.05) is 0 Å². The molecule has 122 valence electrons. The van der Waals surface area contributed by atoms with Crippen molar-refractivity contribution in [1.82, 2.24) is 9.78 Å². The van der Waals surface area contributed by atoms with Crippen LogP contribution < -0.4 is 0 Å². The number of carbonyl (C=O) groups is 3. The van der Waals surface area contributed by atoms with Gasteiger partial charge in [-0.1, -0.05) is 0 Å². The molecule has 0 aliphatic heterocycles. The van der Waals surface area contributed by atoms with E-state index in [2.05, 4.69) is 5.10 Å². The predicted molar refractivity (Wildman–Crippen MR) is 76.0 cm³/mol. The summed E-state index contributed by atoms with van der Waals surface area (Å²) in [7, 11) is 0. The summed E-state index contributed by atoms with van der Waals surface area (Å²) in [5, 5.41) is 12.5. The number of nitrogens with zero attached hydrogens (tertiary/aromatic N) is 2. The van der Waals surface area contributed by atoms with E-state index in [-0.39, 0.29) is 5.56 Å². The van der Waals surface area contributed by atoms with Gasteiger partial charge in [0.25, 0.3) is 0 Å². The molecule has 22 heavy (non-hydrogen) atoms. The monoisotopic (exact) mass is 312 g/mol. The highest BCUT2D eigenvalue weighted by molar-refractivity contribution is 6.02. The first-order chi connectivity index (χ1) is 9.80. The molecule has 0 unspecified atom stereocenters. The summed E-state index contributed by atoms with van der Waals surface area (Å²) >= 11 is 0. The fraction of sp³-hybridized carbons (Fsp3) is 0.571. The molecule has 0 amide bonds. The molecule has 1 rings (SSSR count). The molecule has 0 aliphatic rings. The van der Waals surface area contributed by atoms with Gasteiger partial charge >= 0.3 is 18.0 Å². The first kappa shape index (κ1) is 17.7. The standard InChI is InChI=1S/C14H20N2O6/c1-13(2,3)21-10(17)8-7-16(12(19)20)15-9(8)11(18)22-14(4,5)6/h7H,1-6H3,(H,19,20). The van der Waals surface area contributed by atoms with Crippen LogP contribution in [0.25, 0.3) is 0 Å². The van der Waals surface area contributed by atoms with Crippen LogP contribution in [0.2, 0.25) is 0 Å². The molecule has 0 radical (unpaired) electrons. The molecule has 8 nitrogen and oxygen atoms in total. The van der Waals surface area contributed by atoms with Crippen LogP contribution in [0.5, 0.6) is 0 Å². The van der Waals surface area contributed by atoms with Crippen LogP contribution in [0, 0.1) is 0 Å². The lowest BCUT2D eigenvalue weighted by atomic mass is 10.1. The van der Waals surface area contributed by atoms with Crippen molar-refractivity contribution in [2.45, 2.75) is 52.7 Å². The Morgan fingerprint density at radius 2 is 1.45 bits per heavy atom. The maximum atomic E-state index is 12.1. The molecule has 1 heterocycles. The summed E-state index contributed by atoms with van der Waals surface area (Å²) in [4.78, 5) is 35.2. The Balaban J connectivity index is 3.23. The van der Waals surface area contributed by atoms with E-state index in [1.54, 1.807) is 41.5 Å². The third kappa shape index (κ3) is 4.87. The fourth-order valence-corrected chi connectivity index (χ4v) is 1.43. The van der Waals surface area contributed by atoms with Gasteiger partial charge in [-0.3, -0.25) is 0 Å². The summed E-state index contributed by atoms with van der Waals surface area (Å²) < 4.78 is 10.7. The van der Waals surface area contributed by atoms with Crippen molar-refractivity contribution >= 4 is 18.0 Å². The molecule has 1 aromatic heterocycles. The minimum absolute atomic E-state index is 0.258. The molecule has 0 bridgehead atoms. The Morgan fingerprint density at radius 3 is 1.86 bits per heavy atom. The van der Waals surface area contributed by atoms with E-state index >= 15 is 0 Å². The van der Waals surface area contributed by atoms with Crippen molar-refractivity contribution in [1.29, 1.82) is 0 Å². The lowest BCUT2D eigenvalue weighted by Crippen LogP contribution is -2.27. The molecule has 0 saturated heterocycles. The highest BCUT2D eigenvalue weighted by Gasteiger charge is 2.30. The van der Waals surface area contributed by atoms with Crippen molar-refractivity contribution in [3.05, 3.63) is 17.5 Å². The largest absolute Gasteiger partial charge is 0.463 e. The van der Waals surface area contributed by atoms with Gasteiger partial charge in [-0.25, -0.2) is 14.4 Å². The van der Waals surface area contributed by atoms with Crippen molar-refractivity contribution in [3.8, 4) is 0 Å². The molecule has 8 heteroatoms. The van der Waals surface area contributed by atoms with Gasteiger partial charge in [-0.2, -0.15) is 9.78 Å². The Morgan fingerprint density at radius 1 is 1.00 bits per heavy atom. The van der Waals surface area contributed by atoms with E-state index < -0.39 is 34.9 Å². The Hall–Kier alpha value is -2.38. The molecule has 0 aromatic carbocycles. The van der Waals surface area contributed by atoms with Gasteiger partial charge in [0.15, 0.2) is 5.69 Å². The van der Waals surface area contributed by atoms with Crippen molar-refractivity contribution in [3.63, 3.8) is 0 Å². The second-order valence-corrected chi connectivity index (χ2v) is 6.62. The van der Waals surface area contributed by atoms with Crippen LogP contribution in [-0.4, -0.2) is 44.1 Å². The highest BCUT2D eigenvalue weighted by atomic mass is 16.6. The third-order valence-electron chi connectivity index (χ3n) is 2.12. The zero-order chi connectivity index (χ0) is 17.3. The Kier molecular flexibility index (Phi) is 4.64. The summed E-state index contributed by atoms with van der Waals surface area (Å²) in [6, 6.07) is 0. The number of rotatable bonds is 2. The SMILES string of the molecule is CC(C)(C)OC(=O)c1cn(C(=O)O)nc1C(=O)OC(C)(C)C. The normalized spacial score (nSPS) is 11.9. The zero-order valence-electron chi connectivity index (χ0n) is 13.5. The van der Waals surface area contributed by atoms with E-state index in [1.165, 1.54) is 0 Å². The van der Waals surface area contributed by atoms with E-state index in [1.807, 2.05) is 0 Å². The Bertz CT molecular complexity index is 558. The van der Waals surface area contributed by atoms with Gasteiger partial charge < -0.3 is 14.6 Å². The maximum absolute atomic E-state index is 12.1. The van der Waals surface area contributed by atoms with E-state index in [0.29, 0.717) is 4.68 Å². The average molecular weight is 312 g/mol. The number of ether oxygens (including phenoxy) is 2. The number of hydrogen-bond acceptors (Lipinski definition) is 6. The molecule has 0 fully saturated rings. The molecule has 0 saturated carbocycles. The number of hydrogen-bond donors (Lipinski definition) is 1. The number of carboxylic acid groups (broad SMARTS) is 1. The second-order valence-electron chi connectivity index (χ2n) is 6.62. The van der Waals surface area contributed by atoms with Gasteiger partial charge in [0.05, 0.1) is 6.20 Å². The Labute approximate surface area is 128 Å².